The predicted octanol–water partition coefficient (Wildman–Crippen LogP) is 5.63. The molecule has 0 aliphatic rings. The fraction of sp³-hybridized carbons (Fsp3) is 0.250. The Labute approximate surface area is 167 Å². The van der Waals surface area contributed by atoms with Crippen molar-refractivity contribution >= 4 is 35.0 Å². The third-order valence-electron chi connectivity index (χ3n) is 4.20. The Morgan fingerprint density at radius 2 is 1.93 bits per heavy atom. The van der Waals surface area contributed by atoms with Gasteiger partial charge in [0.2, 0.25) is 11.8 Å². The molecule has 5 nitrogen and oxygen atoms in total. The molecule has 1 heterocycles. The normalized spacial score (nSPS) is 12.0. The Balaban J connectivity index is 1.60. The molecule has 0 unspecified atom stereocenters. The summed E-state index contributed by atoms with van der Waals surface area (Å²) in [5.74, 6) is 0.864. The molecule has 0 radical (unpaired) electrons. The van der Waals surface area contributed by atoms with Crippen molar-refractivity contribution in [1.29, 1.82) is 0 Å². The molecule has 0 aliphatic carbocycles. The molecule has 3 rings (SSSR count). The number of hydrogen-bond acceptors (Lipinski definition) is 5. The van der Waals surface area contributed by atoms with Crippen LogP contribution in [0.5, 0.6) is 0 Å². The van der Waals surface area contributed by atoms with E-state index in [0.717, 1.165) is 23.2 Å². The molecule has 140 valence electrons. The minimum absolute atomic E-state index is 0.109. The van der Waals surface area contributed by atoms with Gasteiger partial charge in [-0.2, -0.15) is 0 Å². The van der Waals surface area contributed by atoms with Crippen molar-refractivity contribution in [1.82, 2.24) is 10.2 Å². The molecule has 0 saturated heterocycles. The summed E-state index contributed by atoms with van der Waals surface area (Å²) < 4.78 is 5.61. The number of rotatable bonds is 7. The third-order valence-corrected chi connectivity index (χ3v) is 5.27. The number of benzene rings is 2. The van der Waals surface area contributed by atoms with Crippen LogP contribution < -0.4 is 5.32 Å². The van der Waals surface area contributed by atoms with Crippen molar-refractivity contribution in [2.75, 3.05) is 11.1 Å². The van der Waals surface area contributed by atoms with Crippen molar-refractivity contribution in [2.45, 2.75) is 31.4 Å². The summed E-state index contributed by atoms with van der Waals surface area (Å²) >= 11 is 7.09. The SMILES string of the molecule is CC[C@H](C)c1ccccc1NC(=O)CSc1nnc(-c2ccc(Cl)cc2)o1. The number of amides is 1. The highest BCUT2D eigenvalue weighted by Crippen LogP contribution is 2.27. The molecule has 1 amide bonds. The van der Waals surface area contributed by atoms with Crippen LogP contribution in [0.15, 0.2) is 58.2 Å². The second-order valence-corrected chi connectivity index (χ2v) is 7.48. The summed E-state index contributed by atoms with van der Waals surface area (Å²) in [6.45, 7) is 4.28. The van der Waals surface area contributed by atoms with E-state index in [-0.39, 0.29) is 11.7 Å². The molecular formula is C20H20ClN3O2S. The zero-order chi connectivity index (χ0) is 19.2. The molecule has 1 atom stereocenters. The van der Waals surface area contributed by atoms with Gasteiger partial charge in [0.25, 0.3) is 5.22 Å². The van der Waals surface area contributed by atoms with Crippen molar-refractivity contribution in [3.63, 3.8) is 0 Å². The maximum Gasteiger partial charge on any atom is 0.277 e. The number of halogens is 1. The molecule has 1 aromatic heterocycles. The zero-order valence-corrected chi connectivity index (χ0v) is 16.7. The van der Waals surface area contributed by atoms with Crippen LogP contribution in [-0.4, -0.2) is 21.9 Å². The van der Waals surface area contributed by atoms with Gasteiger partial charge in [0, 0.05) is 16.3 Å². The van der Waals surface area contributed by atoms with E-state index in [1.807, 2.05) is 36.4 Å². The van der Waals surface area contributed by atoms with Crippen LogP contribution >= 0.6 is 23.4 Å². The standard InChI is InChI=1S/C20H20ClN3O2S/c1-3-13(2)16-6-4-5-7-17(16)22-18(25)12-27-20-24-23-19(26-20)14-8-10-15(21)11-9-14/h4-11,13H,3,12H2,1-2H3,(H,22,25)/t13-/m0/s1. The molecule has 27 heavy (non-hydrogen) atoms. The number of anilines is 1. The van der Waals surface area contributed by atoms with E-state index in [0.29, 0.717) is 22.1 Å². The van der Waals surface area contributed by atoms with Gasteiger partial charge in [0.15, 0.2) is 0 Å². The van der Waals surface area contributed by atoms with Gasteiger partial charge in [-0.15, -0.1) is 10.2 Å². The van der Waals surface area contributed by atoms with Crippen molar-refractivity contribution in [3.8, 4) is 11.5 Å². The van der Waals surface area contributed by atoms with Gasteiger partial charge >= 0.3 is 0 Å². The average molecular weight is 402 g/mol. The second-order valence-electron chi connectivity index (χ2n) is 6.11. The summed E-state index contributed by atoms with van der Waals surface area (Å²) in [5, 5.41) is 12.0. The van der Waals surface area contributed by atoms with Crippen LogP contribution in [0.1, 0.15) is 31.7 Å². The number of aromatic nitrogens is 2. The number of nitrogens with one attached hydrogen (secondary N) is 1. The summed E-state index contributed by atoms with van der Waals surface area (Å²) in [6, 6.07) is 15.0. The van der Waals surface area contributed by atoms with Crippen LogP contribution in [0.4, 0.5) is 5.69 Å². The van der Waals surface area contributed by atoms with Crippen LogP contribution in [-0.2, 0) is 4.79 Å². The highest BCUT2D eigenvalue weighted by molar-refractivity contribution is 7.99. The minimum Gasteiger partial charge on any atom is -0.411 e. The Hall–Kier alpha value is -2.31. The van der Waals surface area contributed by atoms with E-state index < -0.39 is 0 Å². The summed E-state index contributed by atoms with van der Waals surface area (Å²) in [6.07, 6.45) is 1.01. The first kappa shape index (κ1) is 19.5. The third kappa shape index (κ3) is 5.11. The van der Waals surface area contributed by atoms with Gasteiger partial charge in [-0.3, -0.25) is 4.79 Å². The summed E-state index contributed by atoms with van der Waals surface area (Å²) in [7, 11) is 0. The molecule has 0 fully saturated rings. The Kier molecular flexibility index (Phi) is 6.53. The lowest BCUT2D eigenvalue weighted by molar-refractivity contribution is -0.113. The first-order chi connectivity index (χ1) is 13.1. The van der Waals surface area contributed by atoms with Gasteiger partial charge < -0.3 is 9.73 Å². The molecule has 0 bridgehead atoms. The summed E-state index contributed by atoms with van der Waals surface area (Å²) in [4.78, 5) is 12.3. The van der Waals surface area contributed by atoms with Crippen molar-refractivity contribution in [2.24, 2.45) is 0 Å². The summed E-state index contributed by atoms with van der Waals surface area (Å²) in [5.41, 5.74) is 2.77. The van der Waals surface area contributed by atoms with Gasteiger partial charge in [-0.25, -0.2) is 0 Å². The first-order valence-electron chi connectivity index (χ1n) is 8.68. The monoisotopic (exact) mass is 401 g/mol. The number of nitrogens with zero attached hydrogens (tertiary/aromatic N) is 2. The van der Waals surface area contributed by atoms with Crippen LogP contribution in [0.2, 0.25) is 5.02 Å². The van der Waals surface area contributed by atoms with E-state index in [2.05, 4.69) is 29.4 Å². The van der Waals surface area contributed by atoms with Gasteiger partial charge in [0.05, 0.1) is 5.75 Å². The smallest absolute Gasteiger partial charge is 0.277 e. The largest absolute Gasteiger partial charge is 0.411 e. The lowest BCUT2D eigenvalue weighted by atomic mass is 9.97. The van der Waals surface area contributed by atoms with E-state index in [4.69, 9.17) is 16.0 Å². The van der Waals surface area contributed by atoms with Crippen LogP contribution in [0.25, 0.3) is 11.5 Å². The minimum atomic E-state index is -0.109. The highest BCUT2D eigenvalue weighted by Gasteiger charge is 2.14. The molecular weight excluding hydrogens is 382 g/mol. The Morgan fingerprint density at radius 3 is 2.67 bits per heavy atom. The van der Waals surface area contributed by atoms with E-state index in [1.54, 1.807) is 12.1 Å². The number of thioether (sulfide) groups is 1. The molecule has 0 saturated carbocycles. The molecule has 2 aromatic carbocycles. The van der Waals surface area contributed by atoms with E-state index >= 15 is 0 Å². The number of carbonyl (C=O) groups excluding carboxylic acids is 1. The first-order valence-corrected chi connectivity index (χ1v) is 10.0. The topological polar surface area (TPSA) is 68.0 Å². The lowest BCUT2D eigenvalue weighted by Crippen LogP contribution is -2.15. The maximum absolute atomic E-state index is 12.3. The van der Waals surface area contributed by atoms with E-state index in [9.17, 15) is 4.79 Å². The second kappa shape index (κ2) is 9.06. The number of hydrogen-bond donors (Lipinski definition) is 1. The molecule has 3 aromatic rings. The Morgan fingerprint density at radius 1 is 1.19 bits per heavy atom. The average Bonchev–Trinajstić information content (AvgIpc) is 3.16. The molecule has 1 N–H and O–H groups in total. The van der Waals surface area contributed by atoms with E-state index in [1.165, 1.54) is 11.8 Å². The number of para-hydroxylation sites is 1. The maximum atomic E-state index is 12.3. The van der Waals surface area contributed by atoms with Crippen LogP contribution in [0, 0.1) is 0 Å². The van der Waals surface area contributed by atoms with Gasteiger partial charge in [-0.05, 0) is 48.2 Å². The highest BCUT2D eigenvalue weighted by atomic mass is 35.5. The molecule has 0 aliphatic heterocycles. The van der Waals surface area contributed by atoms with Crippen molar-refractivity contribution in [3.05, 3.63) is 59.1 Å². The number of carbonyl (C=O) groups is 1. The quantitative estimate of drug-likeness (QED) is 0.519. The fourth-order valence-electron chi connectivity index (χ4n) is 2.55. The predicted molar refractivity (Wildman–Crippen MR) is 109 cm³/mol. The lowest BCUT2D eigenvalue weighted by Gasteiger charge is -2.15. The van der Waals surface area contributed by atoms with Gasteiger partial charge in [0.1, 0.15) is 0 Å². The van der Waals surface area contributed by atoms with Crippen molar-refractivity contribution < 1.29 is 9.21 Å². The zero-order valence-electron chi connectivity index (χ0n) is 15.1. The Bertz CT molecular complexity index is 912. The molecule has 0 spiro atoms. The molecule has 7 heteroatoms. The van der Waals surface area contributed by atoms with Gasteiger partial charge in [-0.1, -0.05) is 55.4 Å². The van der Waals surface area contributed by atoms with Crippen LogP contribution in [0.3, 0.4) is 0 Å². The fourth-order valence-corrected chi connectivity index (χ4v) is 3.24.